The molecule has 1 saturated heterocycles. The molecule has 0 aliphatic carbocycles. The van der Waals surface area contributed by atoms with Gasteiger partial charge in [-0.2, -0.15) is 0 Å². The van der Waals surface area contributed by atoms with Gasteiger partial charge in [0.1, 0.15) is 0 Å². The van der Waals surface area contributed by atoms with Crippen LogP contribution in [0.1, 0.15) is 35.4 Å². The average Bonchev–Trinajstić information content (AvgIpc) is 2.67. The third-order valence-electron chi connectivity index (χ3n) is 3.58. The highest BCUT2D eigenvalue weighted by Crippen LogP contribution is 2.36. The Morgan fingerprint density at radius 3 is 2.62 bits per heavy atom. The first kappa shape index (κ1) is 11.9. The minimum absolute atomic E-state index is 0.0169. The second-order valence-electron chi connectivity index (χ2n) is 4.85. The molecular formula is C14H19ClO. The Kier molecular flexibility index (Phi) is 3.56. The molecule has 0 spiro atoms. The summed E-state index contributed by atoms with van der Waals surface area (Å²) in [6.07, 6.45) is 1.29. The van der Waals surface area contributed by atoms with Crippen LogP contribution in [0.25, 0.3) is 0 Å². The average molecular weight is 239 g/mol. The van der Waals surface area contributed by atoms with Gasteiger partial charge in [-0.15, -0.1) is 11.6 Å². The highest BCUT2D eigenvalue weighted by atomic mass is 35.5. The molecule has 1 aromatic carbocycles. The van der Waals surface area contributed by atoms with E-state index in [9.17, 15) is 0 Å². The molecule has 0 radical (unpaired) electrons. The number of halogens is 1. The molecule has 0 aromatic heterocycles. The Morgan fingerprint density at radius 1 is 1.31 bits per heavy atom. The van der Waals surface area contributed by atoms with Crippen molar-refractivity contribution >= 4 is 11.6 Å². The van der Waals surface area contributed by atoms with Crippen molar-refractivity contribution in [2.24, 2.45) is 5.92 Å². The number of hydrogen-bond donors (Lipinski definition) is 0. The second kappa shape index (κ2) is 4.77. The highest BCUT2D eigenvalue weighted by Gasteiger charge is 2.31. The summed E-state index contributed by atoms with van der Waals surface area (Å²) in [6, 6.07) is 6.44. The molecule has 1 aliphatic heterocycles. The zero-order chi connectivity index (χ0) is 11.7. The normalized spacial score (nSPS) is 27.0. The molecule has 0 N–H and O–H groups in total. The van der Waals surface area contributed by atoms with Gasteiger partial charge in [-0.25, -0.2) is 0 Å². The standard InChI is InChI=1S/C14H19ClO/c1-9-4-5-12(8-11(9)3)13(15)14-10(2)6-7-16-14/h4-5,8,10,13-14H,6-7H2,1-3H3. The molecule has 88 valence electrons. The molecule has 1 fully saturated rings. The van der Waals surface area contributed by atoms with Crippen molar-refractivity contribution in [2.75, 3.05) is 6.61 Å². The van der Waals surface area contributed by atoms with Crippen LogP contribution in [0.4, 0.5) is 0 Å². The first-order valence-electron chi connectivity index (χ1n) is 5.92. The first-order valence-corrected chi connectivity index (χ1v) is 6.36. The molecule has 1 nitrogen and oxygen atoms in total. The van der Waals surface area contributed by atoms with Crippen LogP contribution in [-0.4, -0.2) is 12.7 Å². The Morgan fingerprint density at radius 2 is 2.06 bits per heavy atom. The minimum Gasteiger partial charge on any atom is -0.376 e. The molecule has 2 rings (SSSR count). The quantitative estimate of drug-likeness (QED) is 0.708. The number of aryl methyl sites for hydroxylation is 2. The summed E-state index contributed by atoms with van der Waals surface area (Å²) in [4.78, 5) is 0. The number of alkyl halides is 1. The summed E-state index contributed by atoms with van der Waals surface area (Å²) < 4.78 is 5.72. The lowest BCUT2D eigenvalue weighted by atomic mass is 9.95. The first-order chi connectivity index (χ1) is 7.59. The van der Waals surface area contributed by atoms with Crippen LogP contribution in [0.2, 0.25) is 0 Å². The monoisotopic (exact) mass is 238 g/mol. The van der Waals surface area contributed by atoms with E-state index in [4.69, 9.17) is 16.3 Å². The Labute approximate surface area is 103 Å². The summed E-state index contributed by atoms with van der Waals surface area (Å²) >= 11 is 6.51. The Hall–Kier alpha value is -0.530. The maximum absolute atomic E-state index is 6.51. The van der Waals surface area contributed by atoms with Crippen molar-refractivity contribution < 1.29 is 4.74 Å². The number of rotatable bonds is 2. The van der Waals surface area contributed by atoms with Crippen molar-refractivity contribution in [3.05, 3.63) is 34.9 Å². The maximum atomic E-state index is 6.51. The molecule has 0 bridgehead atoms. The fraction of sp³-hybridized carbons (Fsp3) is 0.571. The van der Waals surface area contributed by atoms with Gasteiger partial charge in [0.2, 0.25) is 0 Å². The largest absolute Gasteiger partial charge is 0.376 e. The van der Waals surface area contributed by atoms with Gasteiger partial charge in [0.25, 0.3) is 0 Å². The van der Waals surface area contributed by atoms with E-state index in [0.717, 1.165) is 13.0 Å². The van der Waals surface area contributed by atoms with Crippen LogP contribution in [0, 0.1) is 19.8 Å². The van der Waals surface area contributed by atoms with Gasteiger partial charge in [-0.05, 0) is 42.9 Å². The van der Waals surface area contributed by atoms with Gasteiger partial charge >= 0.3 is 0 Å². The molecule has 3 unspecified atom stereocenters. The van der Waals surface area contributed by atoms with Crippen LogP contribution < -0.4 is 0 Å². The number of hydrogen-bond acceptors (Lipinski definition) is 1. The third-order valence-corrected chi connectivity index (χ3v) is 4.08. The summed E-state index contributed by atoms with van der Waals surface area (Å²) in [5.41, 5.74) is 3.80. The fourth-order valence-electron chi connectivity index (χ4n) is 2.22. The number of benzene rings is 1. The van der Waals surface area contributed by atoms with Crippen molar-refractivity contribution in [1.82, 2.24) is 0 Å². The predicted molar refractivity (Wildman–Crippen MR) is 68.0 cm³/mol. The lowest BCUT2D eigenvalue weighted by Crippen LogP contribution is -2.19. The van der Waals surface area contributed by atoms with Gasteiger partial charge in [0.05, 0.1) is 11.5 Å². The molecule has 1 heterocycles. The molecule has 3 atom stereocenters. The molecular weight excluding hydrogens is 220 g/mol. The Balaban J connectivity index is 2.20. The summed E-state index contributed by atoms with van der Waals surface area (Å²) in [5, 5.41) is -0.0169. The van der Waals surface area contributed by atoms with E-state index in [1.165, 1.54) is 16.7 Å². The maximum Gasteiger partial charge on any atom is 0.0850 e. The van der Waals surface area contributed by atoms with E-state index in [0.29, 0.717) is 5.92 Å². The van der Waals surface area contributed by atoms with Crippen molar-refractivity contribution in [2.45, 2.75) is 38.7 Å². The van der Waals surface area contributed by atoms with Crippen molar-refractivity contribution in [3.63, 3.8) is 0 Å². The molecule has 2 heteroatoms. The molecule has 16 heavy (non-hydrogen) atoms. The van der Waals surface area contributed by atoms with E-state index >= 15 is 0 Å². The molecule has 1 aromatic rings. The van der Waals surface area contributed by atoms with Crippen molar-refractivity contribution in [3.8, 4) is 0 Å². The predicted octanol–water partition coefficient (Wildman–Crippen LogP) is 4.01. The Bertz CT molecular complexity index is 375. The van der Waals surface area contributed by atoms with Crippen LogP contribution >= 0.6 is 11.6 Å². The topological polar surface area (TPSA) is 9.23 Å². The van der Waals surface area contributed by atoms with E-state index in [-0.39, 0.29) is 11.5 Å². The van der Waals surface area contributed by atoms with Crippen LogP contribution in [-0.2, 0) is 4.74 Å². The van der Waals surface area contributed by atoms with E-state index in [1.54, 1.807) is 0 Å². The summed E-state index contributed by atoms with van der Waals surface area (Å²) in [5.74, 6) is 0.559. The van der Waals surface area contributed by atoms with Crippen molar-refractivity contribution in [1.29, 1.82) is 0 Å². The van der Waals surface area contributed by atoms with E-state index in [2.05, 4.69) is 39.0 Å². The lowest BCUT2D eigenvalue weighted by Gasteiger charge is -2.21. The SMILES string of the molecule is Cc1ccc(C(Cl)C2OCCC2C)cc1C. The van der Waals surface area contributed by atoms with Gasteiger partial charge in [0.15, 0.2) is 0 Å². The number of ether oxygens (including phenoxy) is 1. The summed E-state index contributed by atoms with van der Waals surface area (Å²) in [6.45, 7) is 7.31. The minimum atomic E-state index is -0.0169. The zero-order valence-corrected chi connectivity index (χ0v) is 10.9. The lowest BCUT2D eigenvalue weighted by molar-refractivity contribution is 0.0903. The smallest absolute Gasteiger partial charge is 0.0850 e. The van der Waals surface area contributed by atoms with E-state index < -0.39 is 0 Å². The van der Waals surface area contributed by atoms with Gasteiger partial charge < -0.3 is 4.74 Å². The highest BCUT2D eigenvalue weighted by molar-refractivity contribution is 6.21. The van der Waals surface area contributed by atoms with Crippen LogP contribution in [0.5, 0.6) is 0 Å². The zero-order valence-electron chi connectivity index (χ0n) is 10.2. The summed E-state index contributed by atoms with van der Waals surface area (Å²) in [7, 11) is 0. The van der Waals surface area contributed by atoms with Gasteiger partial charge in [-0.3, -0.25) is 0 Å². The van der Waals surface area contributed by atoms with Gasteiger partial charge in [0, 0.05) is 6.61 Å². The second-order valence-corrected chi connectivity index (χ2v) is 5.32. The molecule has 0 amide bonds. The molecule has 0 saturated carbocycles. The van der Waals surface area contributed by atoms with Crippen LogP contribution in [0.3, 0.4) is 0 Å². The third kappa shape index (κ3) is 2.26. The fourth-order valence-corrected chi connectivity index (χ4v) is 2.67. The van der Waals surface area contributed by atoms with Gasteiger partial charge in [-0.1, -0.05) is 25.1 Å². The van der Waals surface area contributed by atoms with Crippen LogP contribution in [0.15, 0.2) is 18.2 Å². The van der Waals surface area contributed by atoms with E-state index in [1.807, 2.05) is 0 Å². The molecule has 1 aliphatic rings.